The highest BCUT2D eigenvalue weighted by Crippen LogP contribution is 2.40. The second-order valence-electron chi connectivity index (χ2n) is 9.28. The minimum absolute atomic E-state index is 0.247. The van der Waals surface area contributed by atoms with Crippen LogP contribution >= 0.6 is 11.3 Å². The minimum atomic E-state index is -0.247. The summed E-state index contributed by atoms with van der Waals surface area (Å²) in [6.07, 6.45) is 8.32. The van der Waals surface area contributed by atoms with E-state index in [9.17, 15) is 4.79 Å². The summed E-state index contributed by atoms with van der Waals surface area (Å²) >= 11 is 1.65. The normalized spacial score (nSPS) is 13.5. The van der Waals surface area contributed by atoms with Crippen LogP contribution in [0.15, 0.2) is 77.9 Å². The molecule has 0 unspecified atom stereocenters. The summed E-state index contributed by atoms with van der Waals surface area (Å²) in [7, 11) is 0. The van der Waals surface area contributed by atoms with Crippen molar-refractivity contribution < 1.29 is 9.53 Å². The lowest BCUT2D eigenvalue weighted by atomic mass is 9.95. The number of thiophene rings is 1. The van der Waals surface area contributed by atoms with Gasteiger partial charge in [-0.2, -0.15) is 0 Å². The van der Waals surface area contributed by atoms with Crippen LogP contribution in [0.5, 0.6) is 0 Å². The molecular weight excluding hydrogens is 464 g/mol. The monoisotopic (exact) mass is 492 g/mol. The molecule has 5 heteroatoms. The van der Waals surface area contributed by atoms with Crippen LogP contribution in [0.25, 0.3) is 21.7 Å². The molecule has 0 saturated carbocycles. The average Bonchev–Trinajstić information content (AvgIpc) is 3.45. The third-order valence-corrected chi connectivity index (χ3v) is 8.14. The van der Waals surface area contributed by atoms with Gasteiger partial charge in [0.1, 0.15) is 5.00 Å². The van der Waals surface area contributed by atoms with Crippen LogP contribution < -0.4 is 0 Å². The van der Waals surface area contributed by atoms with E-state index in [1.54, 1.807) is 11.3 Å². The maximum atomic E-state index is 12.8. The molecule has 6 rings (SSSR count). The lowest BCUT2D eigenvalue weighted by molar-refractivity contribution is 0.0526. The molecule has 0 atom stereocenters. The van der Waals surface area contributed by atoms with Gasteiger partial charge < -0.3 is 9.30 Å². The number of hydrogen-bond donors (Lipinski definition) is 0. The molecule has 1 aliphatic rings. The first-order valence-corrected chi connectivity index (χ1v) is 13.4. The van der Waals surface area contributed by atoms with E-state index < -0.39 is 0 Å². The second-order valence-corrected chi connectivity index (χ2v) is 10.4. The van der Waals surface area contributed by atoms with Gasteiger partial charge in [0.15, 0.2) is 0 Å². The van der Waals surface area contributed by atoms with Crippen LogP contribution in [0, 0.1) is 0 Å². The van der Waals surface area contributed by atoms with Gasteiger partial charge >= 0.3 is 5.97 Å². The van der Waals surface area contributed by atoms with Crippen molar-refractivity contribution in [1.82, 2.24) is 4.57 Å². The molecule has 0 aliphatic heterocycles. The second kappa shape index (κ2) is 9.75. The highest BCUT2D eigenvalue weighted by Gasteiger charge is 2.26. The van der Waals surface area contributed by atoms with E-state index in [2.05, 4.69) is 77.5 Å². The van der Waals surface area contributed by atoms with E-state index in [0.717, 1.165) is 47.3 Å². The quantitative estimate of drug-likeness (QED) is 0.180. The van der Waals surface area contributed by atoms with Gasteiger partial charge in [0.2, 0.25) is 0 Å². The van der Waals surface area contributed by atoms with E-state index in [1.807, 2.05) is 13.1 Å². The summed E-state index contributed by atoms with van der Waals surface area (Å²) in [6.45, 7) is 3.00. The highest BCUT2D eigenvalue weighted by atomic mass is 32.1. The van der Waals surface area contributed by atoms with Crippen molar-refractivity contribution in [2.24, 2.45) is 4.99 Å². The van der Waals surface area contributed by atoms with Crippen molar-refractivity contribution >= 4 is 50.2 Å². The van der Waals surface area contributed by atoms with Gasteiger partial charge in [-0.1, -0.05) is 54.6 Å². The predicted molar refractivity (Wildman–Crippen MR) is 149 cm³/mol. The summed E-state index contributed by atoms with van der Waals surface area (Å²) in [5, 5.41) is 4.43. The molecule has 1 aliphatic carbocycles. The van der Waals surface area contributed by atoms with Gasteiger partial charge in [-0.15, -0.1) is 11.3 Å². The summed E-state index contributed by atoms with van der Waals surface area (Å²) in [5.74, 6) is -0.247. The number of carbonyl (C=O) groups is 1. The van der Waals surface area contributed by atoms with Crippen molar-refractivity contribution in [2.75, 3.05) is 6.61 Å². The number of aryl methyl sites for hydroxylation is 1. The van der Waals surface area contributed by atoms with Crippen molar-refractivity contribution in [3.05, 3.63) is 100 Å². The number of aliphatic imine (C=N–C) groups is 1. The van der Waals surface area contributed by atoms with E-state index in [-0.39, 0.29) is 5.97 Å². The first-order chi connectivity index (χ1) is 17.7. The summed E-state index contributed by atoms with van der Waals surface area (Å²) in [6, 6.07) is 23.5. The maximum Gasteiger partial charge on any atom is 0.341 e. The summed E-state index contributed by atoms with van der Waals surface area (Å²) < 4.78 is 7.69. The van der Waals surface area contributed by atoms with Crippen LogP contribution in [-0.2, 0) is 24.1 Å². The molecule has 0 fully saturated rings. The fourth-order valence-electron chi connectivity index (χ4n) is 5.23. The maximum absolute atomic E-state index is 12.8. The van der Waals surface area contributed by atoms with Gasteiger partial charge in [-0.3, -0.25) is 0 Å². The fourth-order valence-corrected chi connectivity index (χ4v) is 6.45. The fraction of sp³-hybridized carbons (Fsp3) is 0.226. The lowest BCUT2D eigenvalue weighted by Gasteiger charge is -2.11. The zero-order chi connectivity index (χ0) is 24.5. The zero-order valence-electron chi connectivity index (χ0n) is 20.4. The number of rotatable bonds is 6. The van der Waals surface area contributed by atoms with Crippen LogP contribution in [-0.4, -0.2) is 23.4 Å². The molecule has 180 valence electrons. The zero-order valence-corrected chi connectivity index (χ0v) is 21.2. The standard InChI is InChI=1S/C31H28N2O2S/c1-2-35-31(34)29-26-12-6-8-14-28(26)36-30(29)32-18-24-20-33(27-13-7-5-11-25(24)27)19-21-15-16-22-9-3-4-10-23(22)17-21/h3-5,7,9-11,13,15-18,20H,2,6,8,12,14,19H2,1H3. The van der Waals surface area contributed by atoms with Gasteiger partial charge in [0.05, 0.1) is 12.2 Å². The Bertz CT molecular complexity index is 1610. The Morgan fingerprint density at radius 3 is 2.72 bits per heavy atom. The molecule has 5 aromatic rings. The Morgan fingerprint density at radius 1 is 1.03 bits per heavy atom. The van der Waals surface area contributed by atoms with Gasteiger partial charge in [0.25, 0.3) is 0 Å². The predicted octanol–water partition coefficient (Wildman–Crippen LogP) is 7.71. The average molecular weight is 493 g/mol. The number of benzene rings is 3. The molecule has 0 saturated heterocycles. The number of fused-ring (bicyclic) bond motifs is 3. The Hall–Kier alpha value is -3.70. The molecule has 0 amide bonds. The number of nitrogens with zero attached hydrogens (tertiary/aromatic N) is 2. The summed E-state index contributed by atoms with van der Waals surface area (Å²) in [4.78, 5) is 19.0. The first-order valence-electron chi connectivity index (χ1n) is 12.6. The third kappa shape index (κ3) is 4.24. The third-order valence-electron chi connectivity index (χ3n) is 6.94. The number of ether oxygens (including phenoxy) is 1. The molecule has 0 spiro atoms. The van der Waals surface area contributed by atoms with Gasteiger partial charge in [0, 0.05) is 40.3 Å². The van der Waals surface area contributed by atoms with Crippen molar-refractivity contribution in [3.8, 4) is 0 Å². The number of hydrogen-bond acceptors (Lipinski definition) is 4. The van der Waals surface area contributed by atoms with Crippen LogP contribution in [0.2, 0.25) is 0 Å². The molecular formula is C31H28N2O2S. The van der Waals surface area contributed by atoms with Crippen LogP contribution in [0.3, 0.4) is 0 Å². The topological polar surface area (TPSA) is 43.6 Å². The molecule has 36 heavy (non-hydrogen) atoms. The number of esters is 1. The molecule has 0 radical (unpaired) electrons. The number of carbonyl (C=O) groups excluding carboxylic acids is 1. The molecule has 3 aromatic carbocycles. The Labute approximate surface area is 214 Å². The SMILES string of the molecule is CCOC(=O)c1c(N=Cc2cn(Cc3ccc4ccccc4c3)c3ccccc23)sc2c1CCCC2. The smallest absolute Gasteiger partial charge is 0.341 e. The summed E-state index contributed by atoms with van der Waals surface area (Å²) in [5.41, 5.74) is 5.30. The largest absolute Gasteiger partial charge is 0.462 e. The van der Waals surface area contributed by atoms with Gasteiger partial charge in [-0.25, -0.2) is 9.79 Å². The Kier molecular flexibility index (Phi) is 6.16. The molecule has 4 nitrogen and oxygen atoms in total. The highest BCUT2D eigenvalue weighted by molar-refractivity contribution is 7.16. The van der Waals surface area contributed by atoms with Crippen LogP contribution in [0.4, 0.5) is 5.00 Å². The number of para-hydroxylation sites is 1. The molecule has 2 aromatic heterocycles. The molecule has 2 heterocycles. The van der Waals surface area contributed by atoms with Crippen LogP contribution in [0.1, 0.15) is 51.7 Å². The molecule has 0 N–H and O–H groups in total. The minimum Gasteiger partial charge on any atom is -0.462 e. The molecule has 0 bridgehead atoms. The lowest BCUT2D eigenvalue weighted by Crippen LogP contribution is -2.09. The van der Waals surface area contributed by atoms with Gasteiger partial charge in [-0.05, 0) is 66.6 Å². The van der Waals surface area contributed by atoms with E-state index in [4.69, 9.17) is 9.73 Å². The first kappa shape index (κ1) is 22.7. The van der Waals surface area contributed by atoms with E-state index >= 15 is 0 Å². The van der Waals surface area contributed by atoms with Crippen molar-refractivity contribution in [3.63, 3.8) is 0 Å². The van der Waals surface area contributed by atoms with E-state index in [0.29, 0.717) is 12.2 Å². The van der Waals surface area contributed by atoms with Crippen molar-refractivity contribution in [2.45, 2.75) is 39.2 Å². The number of aromatic nitrogens is 1. The van der Waals surface area contributed by atoms with Crippen molar-refractivity contribution in [1.29, 1.82) is 0 Å². The Morgan fingerprint density at radius 2 is 1.83 bits per heavy atom. The van der Waals surface area contributed by atoms with E-state index in [1.165, 1.54) is 33.2 Å². The Balaban J connectivity index is 1.37.